The maximum absolute atomic E-state index is 12.9. The Bertz CT molecular complexity index is 818. The van der Waals surface area contributed by atoms with Crippen molar-refractivity contribution >= 4 is 15.9 Å². The monoisotopic (exact) mass is 364 g/mol. The highest BCUT2D eigenvalue weighted by molar-refractivity contribution is 7.89. The van der Waals surface area contributed by atoms with Gasteiger partial charge in [-0.05, 0) is 55.3 Å². The number of nitrogens with one attached hydrogen (secondary N) is 2. The molecule has 0 fully saturated rings. The Morgan fingerprint density at radius 2 is 1.68 bits per heavy atom. The number of rotatable bonds is 7. The van der Waals surface area contributed by atoms with E-state index in [2.05, 4.69) is 10.0 Å². The number of hydrogen-bond donors (Lipinski definition) is 2. The fraction of sp³-hybridized carbons (Fsp3) is 0.278. The lowest BCUT2D eigenvalue weighted by Crippen LogP contribution is -2.31. The van der Waals surface area contributed by atoms with Crippen molar-refractivity contribution in [1.29, 1.82) is 0 Å². The Hall–Kier alpha value is -2.25. The first-order chi connectivity index (χ1) is 11.8. The number of sulfonamides is 1. The van der Waals surface area contributed by atoms with Crippen LogP contribution in [0.1, 0.15) is 36.2 Å². The van der Waals surface area contributed by atoms with E-state index < -0.39 is 15.8 Å². The van der Waals surface area contributed by atoms with E-state index in [0.29, 0.717) is 11.1 Å². The van der Waals surface area contributed by atoms with Gasteiger partial charge in [0.05, 0.1) is 4.90 Å². The summed E-state index contributed by atoms with van der Waals surface area (Å²) >= 11 is 0. The van der Waals surface area contributed by atoms with Crippen LogP contribution in [0.2, 0.25) is 0 Å². The van der Waals surface area contributed by atoms with E-state index in [-0.39, 0.29) is 23.4 Å². The molecule has 0 bridgehead atoms. The van der Waals surface area contributed by atoms with E-state index in [9.17, 15) is 17.6 Å². The second-order valence-corrected chi connectivity index (χ2v) is 7.53. The highest BCUT2D eigenvalue weighted by Crippen LogP contribution is 2.11. The van der Waals surface area contributed by atoms with Crippen LogP contribution in [0.15, 0.2) is 53.4 Å². The molecule has 2 aromatic carbocycles. The van der Waals surface area contributed by atoms with E-state index in [1.807, 2.05) is 13.8 Å². The lowest BCUT2D eigenvalue weighted by molar-refractivity contribution is 0.0939. The minimum atomic E-state index is -3.72. The molecule has 0 saturated carbocycles. The average Bonchev–Trinajstić information content (AvgIpc) is 2.60. The summed E-state index contributed by atoms with van der Waals surface area (Å²) in [5, 5.41) is 2.87. The smallest absolute Gasteiger partial charge is 0.251 e. The number of carbonyl (C=O) groups is 1. The highest BCUT2D eigenvalue weighted by Gasteiger charge is 2.14. The molecule has 2 N–H and O–H groups in total. The molecule has 0 spiro atoms. The van der Waals surface area contributed by atoms with Gasteiger partial charge in [0.25, 0.3) is 5.91 Å². The molecule has 134 valence electrons. The summed E-state index contributed by atoms with van der Waals surface area (Å²) in [6.45, 7) is 3.99. The van der Waals surface area contributed by atoms with Gasteiger partial charge in [-0.1, -0.05) is 19.1 Å². The van der Waals surface area contributed by atoms with Gasteiger partial charge in [-0.25, -0.2) is 17.5 Å². The van der Waals surface area contributed by atoms with Crippen molar-refractivity contribution in [3.63, 3.8) is 0 Å². The summed E-state index contributed by atoms with van der Waals surface area (Å²) in [6, 6.07) is 11.4. The van der Waals surface area contributed by atoms with Gasteiger partial charge in [0, 0.05) is 18.2 Å². The number of halogens is 1. The number of carbonyl (C=O) groups excluding carboxylic acids is 1. The molecule has 0 radical (unpaired) electrons. The molecule has 0 saturated heterocycles. The highest BCUT2D eigenvalue weighted by atomic mass is 32.2. The number of amides is 1. The van der Waals surface area contributed by atoms with Crippen molar-refractivity contribution in [2.45, 2.75) is 37.8 Å². The second kappa shape index (κ2) is 8.22. The van der Waals surface area contributed by atoms with Crippen LogP contribution in [-0.4, -0.2) is 20.4 Å². The second-order valence-electron chi connectivity index (χ2n) is 5.76. The van der Waals surface area contributed by atoms with Gasteiger partial charge < -0.3 is 5.32 Å². The normalized spacial score (nSPS) is 12.6. The minimum Gasteiger partial charge on any atom is -0.350 e. The Morgan fingerprint density at radius 1 is 1.08 bits per heavy atom. The molecule has 1 atom stereocenters. The zero-order valence-corrected chi connectivity index (χ0v) is 14.9. The van der Waals surface area contributed by atoms with Crippen molar-refractivity contribution in [3.8, 4) is 0 Å². The summed E-state index contributed by atoms with van der Waals surface area (Å²) in [5.41, 5.74) is 1.23. The molecule has 1 unspecified atom stereocenters. The fourth-order valence-corrected chi connectivity index (χ4v) is 3.08. The van der Waals surface area contributed by atoms with Crippen LogP contribution in [0.5, 0.6) is 0 Å². The maximum Gasteiger partial charge on any atom is 0.251 e. The zero-order valence-electron chi connectivity index (χ0n) is 14.1. The molecule has 2 rings (SSSR count). The van der Waals surface area contributed by atoms with Crippen LogP contribution in [-0.2, 0) is 16.6 Å². The summed E-state index contributed by atoms with van der Waals surface area (Å²) in [4.78, 5) is 12.0. The van der Waals surface area contributed by atoms with E-state index >= 15 is 0 Å². The maximum atomic E-state index is 12.9. The first-order valence-corrected chi connectivity index (χ1v) is 9.45. The molecule has 0 aromatic heterocycles. The van der Waals surface area contributed by atoms with Crippen molar-refractivity contribution in [2.24, 2.45) is 0 Å². The van der Waals surface area contributed by atoms with E-state index in [4.69, 9.17) is 0 Å². The molecule has 0 aliphatic carbocycles. The number of benzene rings is 2. The molecule has 0 heterocycles. The molecule has 25 heavy (non-hydrogen) atoms. The minimum absolute atomic E-state index is 0.00143. The third-order valence-corrected chi connectivity index (χ3v) is 5.21. The van der Waals surface area contributed by atoms with E-state index in [0.717, 1.165) is 18.6 Å². The average molecular weight is 364 g/mol. The number of hydrogen-bond acceptors (Lipinski definition) is 3. The Labute approximate surface area is 147 Å². The predicted molar refractivity (Wildman–Crippen MR) is 94.1 cm³/mol. The van der Waals surface area contributed by atoms with Crippen LogP contribution in [0, 0.1) is 5.82 Å². The topological polar surface area (TPSA) is 75.3 Å². The summed E-state index contributed by atoms with van der Waals surface area (Å²) < 4.78 is 39.6. The van der Waals surface area contributed by atoms with Crippen molar-refractivity contribution in [2.75, 3.05) is 0 Å². The zero-order chi connectivity index (χ0) is 18.4. The summed E-state index contributed by atoms with van der Waals surface area (Å²) in [5.74, 6) is -0.655. The lowest BCUT2D eigenvalue weighted by Gasteiger charge is -2.12. The van der Waals surface area contributed by atoms with Gasteiger partial charge >= 0.3 is 0 Å². The fourth-order valence-electron chi connectivity index (χ4n) is 2.06. The molecule has 0 aliphatic heterocycles. The van der Waals surface area contributed by atoms with Gasteiger partial charge in [0.1, 0.15) is 5.82 Å². The van der Waals surface area contributed by atoms with Crippen LogP contribution in [0.3, 0.4) is 0 Å². The molecule has 2 aromatic rings. The standard InChI is InChI=1S/C18H21FN2O3S/c1-3-13(2)21-18(22)15-6-4-14(5-7-15)12-20-25(23,24)17-10-8-16(19)9-11-17/h4-11,13,20H,3,12H2,1-2H3,(H,21,22). The molecule has 1 amide bonds. The van der Waals surface area contributed by atoms with Crippen molar-refractivity contribution < 1.29 is 17.6 Å². The SMILES string of the molecule is CCC(C)NC(=O)c1ccc(CNS(=O)(=O)c2ccc(F)cc2)cc1. The largest absolute Gasteiger partial charge is 0.350 e. The summed E-state index contributed by atoms with van der Waals surface area (Å²) in [6.07, 6.45) is 0.842. The third-order valence-electron chi connectivity index (χ3n) is 3.80. The van der Waals surface area contributed by atoms with Gasteiger partial charge in [-0.15, -0.1) is 0 Å². The first-order valence-electron chi connectivity index (χ1n) is 7.97. The Balaban J connectivity index is 1.99. The van der Waals surface area contributed by atoms with Gasteiger partial charge in [0.2, 0.25) is 10.0 Å². The van der Waals surface area contributed by atoms with Crippen LogP contribution < -0.4 is 10.0 Å². The first kappa shape index (κ1) is 19.1. The molecular weight excluding hydrogens is 343 g/mol. The Kier molecular flexibility index (Phi) is 6.27. The van der Waals surface area contributed by atoms with Crippen molar-refractivity contribution in [3.05, 3.63) is 65.5 Å². The predicted octanol–water partition coefficient (Wildman–Crippen LogP) is 2.83. The van der Waals surface area contributed by atoms with Crippen molar-refractivity contribution in [1.82, 2.24) is 10.0 Å². The quantitative estimate of drug-likeness (QED) is 0.793. The van der Waals surface area contributed by atoms with Crippen LogP contribution in [0.4, 0.5) is 4.39 Å². The molecule has 7 heteroatoms. The van der Waals surface area contributed by atoms with Crippen LogP contribution >= 0.6 is 0 Å². The third kappa shape index (κ3) is 5.37. The molecular formula is C18H21FN2O3S. The van der Waals surface area contributed by atoms with Gasteiger partial charge in [0.15, 0.2) is 0 Å². The lowest BCUT2D eigenvalue weighted by atomic mass is 10.1. The summed E-state index contributed by atoms with van der Waals surface area (Å²) in [7, 11) is -3.72. The Morgan fingerprint density at radius 3 is 2.24 bits per heavy atom. The van der Waals surface area contributed by atoms with Gasteiger partial charge in [-0.2, -0.15) is 0 Å². The van der Waals surface area contributed by atoms with E-state index in [1.165, 1.54) is 12.1 Å². The molecule has 5 nitrogen and oxygen atoms in total. The van der Waals surface area contributed by atoms with E-state index in [1.54, 1.807) is 24.3 Å². The molecule has 0 aliphatic rings. The van der Waals surface area contributed by atoms with Crippen LogP contribution in [0.25, 0.3) is 0 Å². The van der Waals surface area contributed by atoms with Gasteiger partial charge in [-0.3, -0.25) is 4.79 Å².